The molecule has 0 spiro atoms. The van der Waals surface area contributed by atoms with E-state index in [9.17, 15) is 4.79 Å². The van der Waals surface area contributed by atoms with Gasteiger partial charge >= 0.3 is 0 Å². The molecule has 0 aliphatic carbocycles. The lowest BCUT2D eigenvalue weighted by atomic mass is 10.1. The third-order valence-corrected chi connectivity index (χ3v) is 6.67. The lowest BCUT2D eigenvalue weighted by molar-refractivity contribution is -0.119. The van der Waals surface area contributed by atoms with Gasteiger partial charge < -0.3 is 5.32 Å². The number of H-pyrrole nitrogens is 1. The van der Waals surface area contributed by atoms with Crippen molar-refractivity contribution in [2.75, 3.05) is 5.75 Å². The predicted molar refractivity (Wildman–Crippen MR) is 121 cm³/mol. The Morgan fingerprint density at radius 1 is 1.10 bits per heavy atom. The number of thiophene rings is 1. The van der Waals surface area contributed by atoms with Gasteiger partial charge in [0, 0.05) is 14.9 Å². The van der Waals surface area contributed by atoms with Crippen molar-refractivity contribution in [1.82, 2.24) is 20.5 Å². The van der Waals surface area contributed by atoms with Crippen LogP contribution in [0.25, 0.3) is 11.4 Å². The molecule has 2 heterocycles. The average Bonchev–Trinajstić information content (AvgIpc) is 3.44. The molecular formula is C21H17BrN4OS2. The van der Waals surface area contributed by atoms with Gasteiger partial charge in [-0.2, -0.15) is 0 Å². The van der Waals surface area contributed by atoms with Gasteiger partial charge in [0.25, 0.3) is 0 Å². The second kappa shape index (κ2) is 9.39. The maximum absolute atomic E-state index is 12.6. The van der Waals surface area contributed by atoms with Gasteiger partial charge in [-0.15, -0.1) is 16.4 Å². The fourth-order valence-corrected chi connectivity index (χ4v) is 4.72. The van der Waals surface area contributed by atoms with Crippen LogP contribution in [0.3, 0.4) is 0 Å². The first-order valence-corrected chi connectivity index (χ1v) is 11.5. The molecule has 0 fully saturated rings. The van der Waals surface area contributed by atoms with E-state index in [1.807, 2.05) is 72.1 Å². The van der Waals surface area contributed by atoms with E-state index < -0.39 is 0 Å². The normalized spacial score (nSPS) is 11.9. The summed E-state index contributed by atoms with van der Waals surface area (Å²) in [5.74, 6) is 0.840. The molecule has 1 atom stereocenters. The van der Waals surface area contributed by atoms with E-state index in [0.717, 1.165) is 20.5 Å². The summed E-state index contributed by atoms with van der Waals surface area (Å²) < 4.78 is 0.937. The van der Waals surface area contributed by atoms with Gasteiger partial charge in [-0.05, 0) is 23.1 Å². The van der Waals surface area contributed by atoms with Crippen LogP contribution in [0.5, 0.6) is 0 Å². The molecule has 0 saturated carbocycles. The maximum Gasteiger partial charge on any atom is 0.231 e. The predicted octanol–water partition coefficient (Wildman–Crippen LogP) is 5.29. The lowest BCUT2D eigenvalue weighted by Crippen LogP contribution is -2.30. The van der Waals surface area contributed by atoms with E-state index in [-0.39, 0.29) is 17.7 Å². The summed E-state index contributed by atoms with van der Waals surface area (Å²) >= 11 is 6.45. The quantitative estimate of drug-likeness (QED) is 0.349. The van der Waals surface area contributed by atoms with Crippen LogP contribution in [0.4, 0.5) is 0 Å². The highest BCUT2D eigenvalue weighted by molar-refractivity contribution is 9.10. The number of nitrogens with one attached hydrogen (secondary N) is 2. The molecule has 0 aliphatic rings. The van der Waals surface area contributed by atoms with Crippen LogP contribution in [-0.4, -0.2) is 26.8 Å². The Kier molecular flexibility index (Phi) is 6.43. The Balaban J connectivity index is 1.41. The van der Waals surface area contributed by atoms with E-state index in [0.29, 0.717) is 11.0 Å². The molecule has 5 nitrogen and oxygen atoms in total. The van der Waals surface area contributed by atoms with Crippen molar-refractivity contribution in [1.29, 1.82) is 0 Å². The molecule has 2 aromatic heterocycles. The van der Waals surface area contributed by atoms with Crippen LogP contribution >= 0.6 is 39.0 Å². The minimum Gasteiger partial charge on any atom is -0.344 e. The molecule has 146 valence electrons. The Morgan fingerprint density at radius 2 is 1.90 bits per heavy atom. The molecule has 2 N–H and O–H groups in total. The molecule has 1 unspecified atom stereocenters. The van der Waals surface area contributed by atoms with Crippen LogP contribution in [0.1, 0.15) is 16.5 Å². The molecule has 4 aromatic rings. The third kappa shape index (κ3) is 4.95. The van der Waals surface area contributed by atoms with Gasteiger partial charge in [0.05, 0.1) is 11.8 Å². The molecule has 0 saturated heterocycles. The number of hydrogen-bond donors (Lipinski definition) is 2. The van der Waals surface area contributed by atoms with E-state index >= 15 is 0 Å². The monoisotopic (exact) mass is 484 g/mol. The molecular weight excluding hydrogens is 468 g/mol. The molecule has 0 aliphatic heterocycles. The number of aromatic amines is 1. The SMILES string of the molecule is O=C(CSc1n[nH]c(-c2ccccc2Br)n1)NC(c1ccccc1)c1cccs1. The van der Waals surface area contributed by atoms with E-state index in [4.69, 9.17) is 0 Å². The Labute approximate surface area is 185 Å². The first kappa shape index (κ1) is 19.9. The van der Waals surface area contributed by atoms with Crippen LogP contribution < -0.4 is 5.32 Å². The van der Waals surface area contributed by atoms with Gasteiger partial charge in [-0.3, -0.25) is 9.89 Å². The summed E-state index contributed by atoms with van der Waals surface area (Å²) in [6.45, 7) is 0. The average molecular weight is 485 g/mol. The van der Waals surface area contributed by atoms with Crippen molar-refractivity contribution in [2.24, 2.45) is 0 Å². The Bertz CT molecular complexity index is 1080. The highest BCUT2D eigenvalue weighted by Crippen LogP contribution is 2.28. The number of aromatic nitrogens is 3. The van der Waals surface area contributed by atoms with Crippen LogP contribution in [0, 0.1) is 0 Å². The summed E-state index contributed by atoms with van der Waals surface area (Å²) in [6, 6.07) is 21.6. The van der Waals surface area contributed by atoms with Gasteiger partial charge in [0.15, 0.2) is 5.82 Å². The van der Waals surface area contributed by atoms with E-state index in [1.165, 1.54) is 11.8 Å². The zero-order chi connectivity index (χ0) is 20.1. The third-order valence-electron chi connectivity index (χ3n) is 4.19. The van der Waals surface area contributed by atoms with Gasteiger partial charge in [0.2, 0.25) is 11.1 Å². The number of nitrogens with zero attached hydrogens (tertiary/aromatic N) is 2. The topological polar surface area (TPSA) is 70.7 Å². The molecule has 2 aromatic carbocycles. The second-order valence-corrected chi connectivity index (χ2v) is 8.94. The van der Waals surface area contributed by atoms with Gasteiger partial charge in [0.1, 0.15) is 0 Å². The Hall–Kier alpha value is -2.42. The zero-order valence-electron chi connectivity index (χ0n) is 15.2. The van der Waals surface area contributed by atoms with Crippen molar-refractivity contribution in [3.63, 3.8) is 0 Å². The number of benzene rings is 2. The highest BCUT2D eigenvalue weighted by atomic mass is 79.9. The number of amides is 1. The van der Waals surface area contributed by atoms with Crippen LogP contribution in [0.15, 0.2) is 81.7 Å². The summed E-state index contributed by atoms with van der Waals surface area (Å²) in [6.07, 6.45) is 0. The molecule has 4 rings (SSSR count). The summed E-state index contributed by atoms with van der Waals surface area (Å²) in [7, 11) is 0. The van der Waals surface area contributed by atoms with Crippen LogP contribution in [-0.2, 0) is 4.79 Å². The van der Waals surface area contributed by atoms with Crippen molar-refractivity contribution in [3.05, 3.63) is 87.0 Å². The summed E-state index contributed by atoms with van der Waals surface area (Å²) in [5, 5.41) is 12.8. The fraction of sp³-hybridized carbons (Fsp3) is 0.0952. The number of rotatable bonds is 7. The minimum absolute atomic E-state index is 0.0653. The van der Waals surface area contributed by atoms with Crippen LogP contribution in [0.2, 0.25) is 0 Å². The zero-order valence-corrected chi connectivity index (χ0v) is 18.4. The largest absolute Gasteiger partial charge is 0.344 e. The number of carbonyl (C=O) groups is 1. The maximum atomic E-state index is 12.6. The first-order valence-electron chi connectivity index (χ1n) is 8.88. The minimum atomic E-state index is -0.160. The van der Waals surface area contributed by atoms with Gasteiger partial charge in [-0.1, -0.05) is 82.3 Å². The lowest BCUT2D eigenvalue weighted by Gasteiger charge is -2.17. The number of hydrogen-bond acceptors (Lipinski definition) is 5. The number of thioether (sulfide) groups is 1. The van der Waals surface area contributed by atoms with Crippen molar-refractivity contribution in [2.45, 2.75) is 11.2 Å². The molecule has 0 bridgehead atoms. The van der Waals surface area contributed by atoms with E-state index in [1.54, 1.807) is 11.3 Å². The smallest absolute Gasteiger partial charge is 0.231 e. The van der Waals surface area contributed by atoms with Crippen molar-refractivity contribution in [3.8, 4) is 11.4 Å². The van der Waals surface area contributed by atoms with Gasteiger partial charge in [-0.25, -0.2) is 4.98 Å². The molecule has 0 radical (unpaired) electrons. The van der Waals surface area contributed by atoms with E-state index in [2.05, 4.69) is 36.4 Å². The second-order valence-electron chi connectivity index (χ2n) is 6.16. The molecule has 1 amide bonds. The standard InChI is InChI=1S/C21H17BrN4OS2/c22-16-10-5-4-9-15(16)20-24-21(26-25-20)29-13-18(27)23-19(17-11-6-12-28-17)14-7-2-1-3-8-14/h1-12,19H,13H2,(H,23,27)(H,24,25,26). The number of carbonyl (C=O) groups excluding carboxylic acids is 1. The molecule has 29 heavy (non-hydrogen) atoms. The Morgan fingerprint density at radius 3 is 2.66 bits per heavy atom. The molecule has 8 heteroatoms. The highest BCUT2D eigenvalue weighted by Gasteiger charge is 2.18. The fourth-order valence-electron chi connectivity index (χ4n) is 2.84. The summed E-state index contributed by atoms with van der Waals surface area (Å²) in [4.78, 5) is 18.2. The van der Waals surface area contributed by atoms with Crippen molar-refractivity contribution < 1.29 is 4.79 Å². The van der Waals surface area contributed by atoms with Crippen molar-refractivity contribution >= 4 is 44.9 Å². The number of halogens is 1. The first-order chi connectivity index (χ1) is 14.2. The summed E-state index contributed by atoms with van der Waals surface area (Å²) in [5.41, 5.74) is 1.99.